The van der Waals surface area contributed by atoms with Crippen molar-refractivity contribution in [2.45, 2.75) is 0 Å². The first-order chi connectivity index (χ1) is 2.27. The van der Waals surface area contributed by atoms with Crippen LogP contribution in [0.5, 0.6) is 0 Å². The molecule has 0 heterocycles. The Morgan fingerprint density at radius 2 is 2.00 bits per heavy atom. The van der Waals surface area contributed by atoms with Crippen LogP contribution in [-0.4, -0.2) is 62.0 Å². The van der Waals surface area contributed by atoms with E-state index in [1.54, 1.807) is 0 Å². The van der Waals surface area contributed by atoms with E-state index in [4.69, 9.17) is 15.2 Å². The zero-order valence-corrected chi connectivity index (χ0v) is 6.39. The Morgan fingerprint density at radius 3 is 2.00 bits per heavy atom. The van der Waals surface area contributed by atoms with Gasteiger partial charge in [0.05, 0.1) is 0 Å². The number of hydrogen-bond acceptors (Lipinski definition) is 3. The summed E-state index contributed by atoms with van der Waals surface area (Å²) >= 11 is 0. The van der Waals surface area contributed by atoms with E-state index in [1.807, 2.05) is 0 Å². The number of carboxylic acid groups (broad SMARTS) is 1. The second-order valence-electron chi connectivity index (χ2n) is 0.357. The molecule has 0 aliphatic carbocycles. The Balaban J connectivity index is -0.0000000267. The van der Waals surface area contributed by atoms with E-state index in [0.717, 1.165) is 0 Å². The Hall–Kier alpha value is 0.711. The molecule has 0 bridgehead atoms. The van der Waals surface area contributed by atoms with Gasteiger partial charge in [0.25, 0.3) is 0 Å². The van der Waals surface area contributed by atoms with Gasteiger partial charge in [-0.25, -0.2) is 4.79 Å². The molecule has 0 aliphatic heterocycles. The second kappa shape index (κ2) is 5.71. The third-order valence-corrected chi connectivity index (χ3v) is 0.0781. The van der Waals surface area contributed by atoms with Crippen LogP contribution in [-0.2, 0) is 4.89 Å². The fourth-order valence-corrected chi connectivity index (χ4v) is 0. The van der Waals surface area contributed by atoms with Gasteiger partial charge < -0.3 is 7.96 Å². The van der Waals surface area contributed by atoms with E-state index in [0.29, 0.717) is 0 Å². The van der Waals surface area contributed by atoms with Gasteiger partial charge in [0.2, 0.25) is 0 Å². The van der Waals surface area contributed by atoms with Crippen LogP contribution in [0.2, 0.25) is 0 Å². The van der Waals surface area contributed by atoms with Crippen LogP contribution in [0.3, 0.4) is 0 Å². The molecule has 0 unspecified atom stereocenters. The maximum absolute atomic E-state index is 8.90. The van der Waals surface area contributed by atoms with E-state index in [-0.39, 0.29) is 48.3 Å². The first kappa shape index (κ1) is 9.86. The maximum atomic E-state index is 8.90. The van der Waals surface area contributed by atoms with Crippen molar-refractivity contribution in [2.24, 2.45) is 0 Å². The van der Waals surface area contributed by atoms with E-state index >= 15 is 0 Å². The standard InChI is InChI=1S/CH2O4.Sr.2H/c2-1(3)5-4;;;/h4H,(H,2,3);;;/q;+2;2*-1. The molecular weight excluding hydrogens is 164 g/mol. The van der Waals surface area contributed by atoms with Crippen molar-refractivity contribution in [2.75, 3.05) is 0 Å². The second-order valence-corrected chi connectivity index (χ2v) is 0.357. The average molecular weight is 168 g/mol. The van der Waals surface area contributed by atoms with E-state index in [9.17, 15) is 0 Å². The SMILES string of the molecule is O=C(O)OO.[H-].[H-].[Sr+2]. The van der Waals surface area contributed by atoms with Gasteiger partial charge in [-0.1, -0.05) is 0 Å². The van der Waals surface area contributed by atoms with Gasteiger partial charge in [0.15, 0.2) is 0 Å². The van der Waals surface area contributed by atoms with E-state index < -0.39 is 6.16 Å². The average Bonchev–Trinajstić information content (AvgIpc) is 1.38. The first-order valence-corrected chi connectivity index (χ1v) is 0.814. The van der Waals surface area contributed by atoms with Crippen LogP contribution < -0.4 is 0 Å². The maximum Gasteiger partial charge on any atom is 2.00 e. The zero-order valence-electron chi connectivity index (χ0n) is 4.92. The molecule has 0 rings (SSSR count). The molecule has 0 fully saturated rings. The van der Waals surface area contributed by atoms with Crippen molar-refractivity contribution in [3.63, 3.8) is 0 Å². The molecular formula is CH4O4Sr. The van der Waals surface area contributed by atoms with E-state index in [2.05, 4.69) is 4.89 Å². The summed E-state index contributed by atoms with van der Waals surface area (Å²) in [6.07, 6.45) is -1.69. The van der Waals surface area contributed by atoms with Crippen LogP contribution >= 0.6 is 0 Å². The zero-order chi connectivity index (χ0) is 4.28. The van der Waals surface area contributed by atoms with Crippen molar-refractivity contribution in [1.82, 2.24) is 0 Å². The summed E-state index contributed by atoms with van der Waals surface area (Å²) in [5, 5.41) is 14.3. The van der Waals surface area contributed by atoms with Crippen LogP contribution in [0.15, 0.2) is 0 Å². The summed E-state index contributed by atoms with van der Waals surface area (Å²) in [6, 6.07) is 0. The van der Waals surface area contributed by atoms with Crippen molar-refractivity contribution in [3.05, 3.63) is 0 Å². The molecule has 6 heavy (non-hydrogen) atoms. The molecule has 34 valence electrons. The molecule has 0 radical (unpaired) electrons. The Kier molecular flexibility index (Phi) is 9.39. The Bertz CT molecular complexity index is 49.3. The minimum absolute atomic E-state index is 0. The quantitative estimate of drug-likeness (QED) is 0.303. The Morgan fingerprint density at radius 1 is 1.83 bits per heavy atom. The van der Waals surface area contributed by atoms with Gasteiger partial charge >= 0.3 is 51.6 Å². The van der Waals surface area contributed by atoms with Crippen molar-refractivity contribution < 1.29 is 22.9 Å². The van der Waals surface area contributed by atoms with Gasteiger partial charge in [0, 0.05) is 0 Å². The van der Waals surface area contributed by atoms with Gasteiger partial charge in [-0.15, -0.1) is 0 Å². The van der Waals surface area contributed by atoms with Crippen LogP contribution in [0.4, 0.5) is 4.79 Å². The molecule has 0 aromatic heterocycles. The van der Waals surface area contributed by atoms with E-state index in [1.165, 1.54) is 0 Å². The summed E-state index contributed by atoms with van der Waals surface area (Å²) in [5.41, 5.74) is 0. The first-order valence-electron chi connectivity index (χ1n) is 0.814. The predicted octanol–water partition coefficient (Wildman–Crippen LogP) is -0.00180. The van der Waals surface area contributed by atoms with Crippen LogP contribution in [0.25, 0.3) is 0 Å². The van der Waals surface area contributed by atoms with Gasteiger partial charge in [-0.05, 0) is 0 Å². The molecule has 0 saturated carbocycles. The molecule has 0 aromatic carbocycles. The van der Waals surface area contributed by atoms with Crippen molar-refractivity contribution in [1.29, 1.82) is 0 Å². The summed E-state index contributed by atoms with van der Waals surface area (Å²) in [5.74, 6) is 0. The predicted molar refractivity (Wildman–Crippen MR) is 19.7 cm³/mol. The van der Waals surface area contributed by atoms with Gasteiger partial charge in [-0.3, -0.25) is 4.89 Å². The molecule has 0 atom stereocenters. The summed E-state index contributed by atoms with van der Waals surface area (Å²) in [6.45, 7) is 0. The monoisotopic (exact) mass is 168 g/mol. The van der Waals surface area contributed by atoms with Crippen molar-refractivity contribution in [3.8, 4) is 0 Å². The normalized spacial score (nSPS) is 5.50. The summed E-state index contributed by atoms with van der Waals surface area (Å²) < 4.78 is 0. The number of carbonyl (C=O) groups is 1. The number of hydrogen-bond donors (Lipinski definition) is 2. The Labute approximate surface area is 73.9 Å². The van der Waals surface area contributed by atoms with Crippen LogP contribution in [0, 0.1) is 0 Å². The minimum Gasteiger partial charge on any atom is -1.00 e. The molecule has 2 N–H and O–H groups in total. The molecule has 0 spiro atoms. The third-order valence-electron chi connectivity index (χ3n) is 0.0781. The molecule has 4 nitrogen and oxygen atoms in total. The smallest absolute Gasteiger partial charge is 1.00 e. The molecule has 0 aromatic rings. The third kappa shape index (κ3) is 8.83. The summed E-state index contributed by atoms with van der Waals surface area (Å²) in [4.78, 5) is 11.6. The van der Waals surface area contributed by atoms with Crippen LogP contribution in [0.1, 0.15) is 2.85 Å². The van der Waals surface area contributed by atoms with Crippen molar-refractivity contribution >= 4 is 51.6 Å². The largest absolute Gasteiger partial charge is 2.00 e. The minimum atomic E-state index is -1.69. The van der Waals surface area contributed by atoms with Gasteiger partial charge in [0.1, 0.15) is 0 Å². The van der Waals surface area contributed by atoms with Gasteiger partial charge in [-0.2, -0.15) is 5.26 Å². The molecule has 0 amide bonds. The fourth-order valence-electron chi connectivity index (χ4n) is 0. The molecule has 0 saturated heterocycles. The summed E-state index contributed by atoms with van der Waals surface area (Å²) in [7, 11) is 0. The molecule has 0 aliphatic rings. The molecule has 5 heteroatoms. The fraction of sp³-hybridized carbons (Fsp3) is 0. The number of rotatable bonds is 0. The topological polar surface area (TPSA) is 66.8 Å².